The number of hydrogen-bond donors (Lipinski definition) is 1. The van der Waals surface area contributed by atoms with Crippen LogP contribution in [-0.4, -0.2) is 5.91 Å². The van der Waals surface area contributed by atoms with Crippen molar-refractivity contribution in [3.05, 3.63) is 65.5 Å². The van der Waals surface area contributed by atoms with Gasteiger partial charge >= 0.3 is 6.18 Å². The van der Waals surface area contributed by atoms with Crippen molar-refractivity contribution in [2.45, 2.75) is 12.6 Å². The van der Waals surface area contributed by atoms with Gasteiger partial charge in [0.1, 0.15) is 5.82 Å². The lowest BCUT2D eigenvalue weighted by molar-refractivity contribution is -0.137. The van der Waals surface area contributed by atoms with Crippen LogP contribution in [0.1, 0.15) is 11.1 Å². The average Bonchev–Trinajstić information content (AvgIpc) is 2.41. The molecular formula is C15H11F4NO. The Bertz CT molecular complexity index is 635. The largest absolute Gasteiger partial charge is 0.416 e. The minimum atomic E-state index is -4.46. The molecule has 0 atom stereocenters. The van der Waals surface area contributed by atoms with Crippen LogP contribution in [0.4, 0.5) is 23.2 Å². The van der Waals surface area contributed by atoms with Gasteiger partial charge in [-0.2, -0.15) is 13.2 Å². The highest BCUT2D eigenvalue weighted by atomic mass is 19.4. The van der Waals surface area contributed by atoms with Gasteiger partial charge in [-0.3, -0.25) is 4.79 Å². The van der Waals surface area contributed by atoms with E-state index < -0.39 is 23.5 Å². The summed E-state index contributed by atoms with van der Waals surface area (Å²) in [6.07, 6.45) is -4.51. The smallest absolute Gasteiger partial charge is 0.326 e. The third-order valence-corrected chi connectivity index (χ3v) is 2.75. The molecule has 110 valence electrons. The predicted molar refractivity (Wildman–Crippen MR) is 70.2 cm³/mol. The second-order valence-corrected chi connectivity index (χ2v) is 4.43. The molecule has 0 aliphatic carbocycles. The molecule has 6 heteroatoms. The highest BCUT2D eigenvalue weighted by Gasteiger charge is 2.30. The van der Waals surface area contributed by atoms with Gasteiger partial charge in [-0.25, -0.2) is 4.39 Å². The zero-order valence-electron chi connectivity index (χ0n) is 10.7. The van der Waals surface area contributed by atoms with Gasteiger partial charge in [0.05, 0.1) is 12.0 Å². The van der Waals surface area contributed by atoms with Gasteiger partial charge in [-0.15, -0.1) is 0 Å². The molecule has 2 aromatic rings. The standard InChI is InChI=1S/C15H11F4NO/c16-12-6-4-10(5-7-12)8-14(21)20-13-3-1-2-11(9-13)15(17,18)19/h1-7,9H,8H2,(H,20,21). The summed E-state index contributed by atoms with van der Waals surface area (Å²) in [7, 11) is 0. The van der Waals surface area contributed by atoms with Crippen LogP contribution in [0.15, 0.2) is 48.5 Å². The maximum Gasteiger partial charge on any atom is 0.416 e. The van der Waals surface area contributed by atoms with Gasteiger partial charge in [0.2, 0.25) is 5.91 Å². The molecule has 0 fully saturated rings. The lowest BCUT2D eigenvalue weighted by Gasteiger charge is -2.10. The number of hydrogen-bond acceptors (Lipinski definition) is 1. The Balaban J connectivity index is 2.04. The number of alkyl halides is 3. The molecule has 1 amide bonds. The van der Waals surface area contributed by atoms with Crippen LogP contribution in [-0.2, 0) is 17.4 Å². The van der Waals surface area contributed by atoms with Crippen LogP contribution in [0.3, 0.4) is 0 Å². The fourth-order valence-electron chi connectivity index (χ4n) is 1.77. The molecule has 0 bridgehead atoms. The molecule has 0 saturated carbocycles. The molecule has 2 rings (SSSR count). The normalized spacial score (nSPS) is 11.2. The van der Waals surface area contributed by atoms with E-state index in [2.05, 4.69) is 5.32 Å². The molecule has 0 radical (unpaired) electrons. The molecule has 1 N–H and O–H groups in total. The Labute approximate surface area is 118 Å². The molecule has 2 aromatic carbocycles. The number of carbonyl (C=O) groups is 1. The Hall–Kier alpha value is -2.37. The second-order valence-electron chi connectivity index (χ2n) is 4.43. The first kappa shape index (κ1) is 15.0. The van der Waals surface area contributed by atoms with E-state index >= 15 is 0 Å². The van der Waals surface area contributed by atoms with Crippen molar-refractivity contribution in [3.8, 4) is 0 Å². The number of carbonyl (C=O) groups excluding carboxylic acids is 1. The summed E-state index contributed by atoms with van der Waals surface area (Å²) in [5, 5.41) is 2.38. The lowest BCUT2D eigenvalue weighted by atomic mass is 10.1. The Morgan fingerprint density at radius 1 is 1.05 bits per heavy atom. The zero-order valence-corrected chi connectivity index (χ0v) is 10.7. The molecule has 0 aliphatic heterocycles. The topological polar surface area (TPSA) is 29.1 Å². The lowest BCUT2D eigenvalue weighted by Crippen LogP contribution is -2.15. The first-order valence-corrected chi connectivity index (χ1v) is 6.06. The van der Waals surface area contributed by atoms with E-state index in [1.807, 2.05) is 0 Å². The number of amides is 1. The highest BCUT2D eigenvalue weighted by molar-refractivity contribution is 5.92. The Morgan fingerprint density at radius 2 is 1.71 bits per heavy atom. The number of halogens is 4. The minimum Gasteiger partial charge on any atom is -0.326 e. The van der Waals surface area contributed by atoms with Gasteiger partial charge < -0.3 is 5.32 Å². The number of benzene rings is 2. The summed E-state index contributed by atoms with van der Waals surface area (Å²) in [5.41, 5.74) is -0.195. The average molecular weight is 297 g/mol. The summed E-state index contributed by atoms with van der Waals surface area (Å²) in [4.78, 5) is 11.7. The van der Waals surface area contributed by atoms with E-state index in [-0.39, 0.29) is 12.1 Å². The van der Waals surface area contributed by atoms with Crippen LogP contribution in [0.25, 0.3) is 0 Å². The predicted octanol–water partition coefficient (Wildman–Crippen LogP) is 4.03. The van der Waals surface area contributed by atoms with Gasteiger partial charge in [-0.1, -0.05) is 18.2 Å². The van der Waals surface area contributed by atoms with E-state index in [1.54, 1.807) is 0 Å². The molecule has 0 aliphatic rings. The second kappa shape index (κ2) is 5.95. The van der Waals surface area contributed by atoms with Crippen molar-refractivity contribution in [2.24, 2.45) is 0 Å². The maximum absolute atomic E-state index is 12.7. The van der Waals surface area contributed by atoms with Crippen LogP contribution < -0.4 is 5.32 Å². The summed E-state index contributed by atoms with van der Waals surface area (Å²) in [5.74, 6) is -0.891. The van der Waals surface area contributed by atoms with E-state index in [1.165, 1.54) is 36.4 Å². The monoisotopic (exact) mass is 297 g/mol. The van der Waals surface area contributed by atoms with Crippen molar-refractivity contribution in [1.29, 1.82) is 0 Å². The summed E-state index contributed by atoms with van der Waals surface area (Å²) < 4.78 is 50.3. The molecule has 0 heterocycles. The zero-order chi connectivity index (χ0) is 15.5. The number of rotatable bonds is 3. The van der Waals surface area contributed by atoms with Crippen molar-refractivity contribution in [2.75, 3.05) is 5.32 Å². The molecule has 0 aromatic heterocycles. The van der Waals surface area contributed by atoms with Crippen LogP contribution in [0.2, 0.25) is 0 Å². The van der Waals surface area contributed by atoms with Crippen LogP contribution in [0.5, 0.6) is 0 Å². The van der Waals surface area contributed by atoms with E-state index in [9.17, 15) is 22.4 Å². The molecule has 0 saturated heterocycles. The van der Waals surface area contributed by atoms with E-state index in [0.717, 1.165) is 12.1 Å². The van der Waals surface area contributed by atoms with Crippen molar-refractivity contribution < 1.29 is 22.4 Å². The summed E-state index contributed by atoms with van der Waals surface area (Å²) in [6.45, 7) is 0. The van der Waals surface area contributed by atoms with Gasteiger partial charge in [-0.05, 0) is 35.9 Å². The van der Waals surface area contributed by atoms with E-state index in [0.29, 0.717) is 5.56 Å². The van der Waals surface area contributed by atoms with Crippen molar-refractivity contribution in [3.63, 3.8) is 0 Å². The Kier molecular flexibility index (Phi) is 4.26. The fraction of sp³-hybridized carbons (Fsp3) is 0.133. The highest BCUT2D eigenvalue weighted by Crippen LogP contribution is 2.30. The molecule has 0 unspecified atom stereocenters. The summed E-state index contributed by atoms with van der Waals surface area (Å²) in [6, 6.07) is 9.70. The van der Waals surface area contributed by atoms with Crippen LogP contribution in [0, 0.1) is 5.82 Å². The maximum atomic E-state index is 12.7. The van der Waals surface area contributed by atoms with E-state index in [4.69, 9.17) is 0 Å². The van der Waals surface area contributed by atoms with Gasteiger partial charge in [0, 0.05) is 5.69 Å². The first-order chi connectivity index (χ1) is 9.84. The molecule has 0 spiro atoms. The fourth-order valence-corrected chi connectivity index (χ4v) is 1.77. The van der Waals surface area contributed by atoms with Crippen molar-refractivity contribution >= 4 is 11.6 Å². The van der Waals surface area contributed by atoms with Crippen LogP contribution >= 0.6 is 0 Å². The quantitative estimate of drug-likeness (QED) is 0.852. The summed E-state index contributed by atoms with van der Waals surface area (Å²) >= 11 is 0. The third-order valence-electron chi connectivity index (χ3n) is 2.75. The number of nitrogens with one attached hydrogen (secondary N) is 1. The van der Waals surface area contributed by atoms with Gasteiger partial charge in [0.25, 0.3) is 0 Å². The SMILES string of the molecule is O=C(Cc1ccc(F)cc1)Nc1cccc(C(F)(F)F)c1. The van der Waals surface area contributed by atoms with Gasteiger partial charge in [0.15, 0.2) is 0 Å². The number of anilines is 1. The minimum absolute atomic E-state index is 0.0451. The van der Waals surface area contributed by atoms with Crippen molar-refractivity contribution in [1.82, 2.24) is 0 Å². The first-order valence-electron chi connectivity index (χ1n) is 6.06. The Morgan fingerprint density at radius 3 is 2.33 bits per heavy atom. The molecular weight excluding hydrogens is 286 g/mol. The molecule has 2 nitrogen and oxygen atoms in total. The third kappa shape index (κ3) is 4.30. The molecule has 21 heavy (non-hydrogen) atoms.